The van der Waals surface area contributed by atoms with Crippen LogP contribution in [0.4, 0.5) is 0 Å². The molecule has 0 aliphatic carbocycles. The molecule has 1 unspecified atom stereocenters. The maximum atomic E-state index is 12.9. The van der Waals surface area contributed by atoms with Crippen molar-refractivity contribution in [3.8, 4) is 0 Å². The molecule has 0 aromatic rings. The molecule has 0 aliphatic rings. The van der Waals surface area contributed by atoms with Gasteiger partial charge in [-0.15, -0.1) is 0 Å². The topological polar surface area (TPSA) is 78.9 Å². The lowest BCUT2D eigenvalue weighted by Crippen LogP contribution is -2.30. The van der Waals surface area contributed by atoms with Gasteiger partial charge >= 0.3 is 17.9 Å². The molecule has 6 nitrogen and oxygen atoms in total. The average Bonchev–Trinajstić information content (AvgIpc) is 3.38. The van der Waals surface area contributed by atoms with Gasteiger partial charge in [0.2, 0.25) is 0 Å². The van der Waals surface area contributed by atoms with Crippen LogP contribution < -0.4 is 0 Å². The summed E-state index contributed by atoms with van der Waals surface area (Å²) in [7, 11) is 0. The lowest BCUT2D eigenvalue weighted by atomic mass is 10.1. The molecule has 0 amide bonds. The van der Waals surface area contributed by atoms with Crippen LogP contribution in [-0.2, 0) is 28.6 Å². The lowest BCUT2D eigenvalue weighted by Gasteiger charge is -2.18. The second-order valence-corrected chi connectivity index (χ2v) is 19.3. The van der Waals surface area contributed by atoms with Crippen LogP contribution in [0.5, 0.6) is 0 Å². The molecule has 0 saturated heterocycles. The quantitative estimate of drug-likeness (QED) is 0.0199. The number of hydrogen-bond acceptors (Lipinski definition) is 6. The van der Waals surface area contributed by atoms with Gasteiger partial charge in [-0.05, 0) is 103 Å². The van der Waals surface area contributed by atoms with Crippen molar-refractivity contribution in [3.05, 3.63) is 122 Å². The van der Waals surface area contributed by atoms with Crippen molar-refractivity contribution in [2.24, 2.45) is 0 Å². The van der Waals surface area contributed by atoms with E-state index in [2.05, 4.69) is 118 Å². The fourth-order valence-electron chi connectivity index (χ4n) is 7.81. The van der Waals surface area contributed by atoms with Crippen LogP contribution in [0.25, 0.3) is 0 Å². The van der Waals surface area contributed by atoms with Crippen molar-refractivity contribution >= 4 is 17.9 Å². The third-order valence-electron chi connectivity index (χ3n) is 12.3. The molecule has 0 aromatic carbocycles. The number of hydrogen-bond donors (Lipinski definition) is 0. The summed E-state index contributed by atoms with van der Waals surface area (Å²) in [5.74, 6) is -0.998. The monoisotopic (exact) mass is 997 g/mol. The molecule has 1 atom stereocenters. The molecule has 0 saturated carbocycles. The van der Waals surface area contributed by atoms with E-state index in [1.165, 1.54) is 122 Å². The molecule has 6 heteroatoms. The number of rotatable bonds is 52. The summed E-state index contributed by atoms with van der Waals surface area (Å²) in [6, 6.07) is 0. The number of esters is 3. The van der Waals surface area contributed by atoms with Gasteiger partial charge in [0, 0.05) is 19.3 Å². The highest BCUT2D eigenvalue weighted by Gasteiger charge is 2.19. The molecule has 0 aromatic heterocycles. The Balaban J connectivity index is 4.54. The van der Waals surface area contributed by atoms with Crippen molar-refractivity contribution in [2.75, 3.05) is 13.2 Å². The van der Waals surface area contributed by atoms with E-state index in [0.29, 0.717) is 12.8 Å². The molecular weight excluding hydrogens is 889 g/mol. The lowest BCUT2D eigenvalue weighted by molar-refractivity contribution is -0.167. The van der Waals surface area contributed by atoms with E-state index in [-0.39, 0.29) is 44.0 Å². The zero-order valence-electron chi connectivity index (χ0n) is 46.7. The van der Waals surface area contributed by atoms with Gasteiger partial charge in [-0.25, -0.2) is 0 Å². The van der Waals surface area contributed by atoms with Crippen molar-refractivity contribution in [3.63, 3.8) is 0 Å². The first-order valence-corrected chi connectivity index (χ1v) is 29.6. The fraction of sp³-hybridized carbons (Fsp3) is 0.652. The van der Waals surface area contributed by atoms with E-state index < -0.39 is 6.10 Å². The Morgan fingerprint density at radius 3 is 1.06 bits per heavy atom. The van der Waals surface area contributed by atoms with E-state index in [0.717, 1.165) is 89.9 Å². The summed E-state index contributed by atoms with van der Waals surface area (Å²) in [6.45, 7) is 6.45. The number of unbranched alkanes of at least 4 members (excludes halogenated alkanes) is 25. The molecule has 0 bridgehead atoms. The number of carbonyl (C=O) groups excluding carboxylic acids is 3. The Morgan fingerprint density at radius 1 is 0.292 bits per heavy atom. The molecule has 0 heterocycles. The molecule has 72 heavy (non-hydrogen) atoms. The second-order valence-electron chi connectivity index (χ2n) is 19.3. The van der Waals surface area contributed by atoms with Gasteiger partial charge in [-0.2, -0.15) is 0 Å². The van der Waals surface area contributed by atoms with Gasteiger partial charge in [0.25, 0.3) is 0 Å². The van der Waals surface area contributed by atoms with E-state index in [1.54, 1.807) is 0 Å². The number of carbonyl (C=O) groups is 3. The first-order valence-electron chi connectivity index (χ1n) is 29.6. The van der Waals surface area contributed by atoms with Gasteiger partial charge in [0.15, 0.2) is 6.10 Å². The number of ether oxygens (including phenoxy) is 3. The van der Waals surface area contributed by atoms with Gasteiger partial charge in [0.1, 0.15) is 13.2 Å². The van der Waals surface area contributed by atoms with Gasteiger partial charge in [-0.3, -0.25) is 14.4 Å². The minimum absolute atomic E-state index is 0.111. The van der Waals surface area contributed by atoms with Crippen molar-refractivity contribution in [1.82, 2.24) is 0 Å². The maximum Gasteiger partial charge on any atom is 0.306 e. The van der Waals surface area contributed by atoms with Gasteiger partial charge in [0.05, 0.1) is 0 Å². The van der Waals surface area contributed by atoms with Crippen molar-refractivity contribution in [1.29, 1.82) is 0 Å². The van der Waals surface area contributed by atoms with Crippen LogP contribution in [0.3, 0.4) is 0 Å². The highest BCUT2D eigenvalue weighted by Crippen LogP contribution is 2.14. The Hall–Kier alpha value is -4.19. The number of allylic oxidation sites excluding steroid dienone is 20. The fourth-order valence-corrected chi connectivity index (χ4v) is 7.81. The normalized spacial score (nSPS) is 13.0. The zero-order chi connectivity index (χ0) is 52.2. The smallest absolute Gasteiger partial charge is 0.306 e. The first-order chi connectivity index (χ1) is 35.5. The standard InChI is InChI=1S/C66H108O6/c1-4-7-10-13-16-19-22-25-28-31-33-36-38-41-44-47-50-53-56-59-65(68)71-62-63(61-70-64(67)58-55-52-49-46-43-40-37-34-30-27-24-21-18-15-12-9-6-3)72-66(69)60-57-54-51-48-45-42-39-35-32-29-26-23-20-17-14-11-8-5-2/h11,14,17-18,20-21,23,26-27,29-33,35,37,39-40,46,49,63H,4-10,12-13,15-16,19,22,24-25,28,34,36,38,41-45,47-48,50-62H2,1-3H3/b14-11-,20-17-,21-18-,26-23-,30-27-,32-29-,33-31-,39-35-,40-37-,49-46-. The summed E-state index contributed by atoms with van der Waals surface area (Å²) < 4.78 is 16.8. The second kappa shape index (κ2) is 59.4. The molecule has 0 aliphatic heterocycles. The van der Waals surface area contributed by atoms with Gasteiger partial charge < -0.3 is 14.2 Å². The summed E-state index contributed by atoms with van der Waals surface area (Å²) in [5.41, 5.74) is 0. The van der Waals surface area contributed by atoms with E-state index >= 15 is 0 Å². The molecule has 408 valence electrons. The highest BCUT2D eigenvalue weighted by atomic mass is 16.6. The van der Waals surface area contributed by atoms with Crippen LogP contribution in [0.15, 0.2) is 122 Å². The zero-order valence-corrected chi connectivity index (χ0v) is 46.7. The predicted molar refractivity (Wildman–Crippen MR) is 311 cm³/mol. The molecule has 0 spiro atoms. The molecule has 0 rings (SSSR count). The Bertz CT molecular complexity index is 1520. The summed E-state index contributed by atoms with van der Waals surface area (Å²) in [5, 5.41) is 0. The Morgan fingerprint density at radius 2 is 0.597 bits per heavy atom. The van der Waals surface area contributed by atoms with Crippen LogP contribution in [-0.4, -0.2) is 37.2 Å². The van der Waals surface area contributed by atoms with Crippen molar-refractivity contribution < 1.29 is 28.6 Å². The van der Waals surface area contributed by atoms with Crippen molar-refractivity contribution in [2.45, 2.75) is 264 Å². The minimum Gasteiger partial charge on any atom is -0.462 e. The summed E-state index contributed by atoms with van der Waals surface area (Å²) in [4.78, 5) is 38.2. The largest absolute Gasteiger partial charge is 0.462 e. The molecular formula is C66H108O6. The van der Waals surface area contributed by atoms with Crippen LogP contribution in [0, 0.1) is 0 Å². The predicted octanol–water partition coefficient (Wildman–Crippen LogP) is 20.0. The van der Waals surface area contributed by atoms with E-state index in [1.807, 2.05) is 24.3 Å². The third-order valence-corrected chi connectivity index (χ3v) is 12.3. The van der Waals surface area contributed by atoms with E-state index in [4.69, 9.17) is 14.2 Å². The minimum atomic E-state index is -0.820. The molecule has 0 fully saturated rings. The Kier molecular flexibility index (Phi) is 55.9. The first kappa shape index (κ1) is 67.8. The molecule has 0 N–H and O–H groups in total. The van der Waals surface area contributed by atoms with Crippen LogP contribution in [0.1, 0.15) is 258 Å². The van der Waals surface area contributed by atoms with Gasteiger partial charge in [-0.1, -0.05) is 258 Å². The maximum absolute atomic E-state index is 12.9. The van der Waals surface area contributed by atoms with Crippen LogP contribution >= 0.6 is 0 Å². The van der Waals surface area contributed by atoms with Crippen LogP contribution in [0.2, 0.25) is 0 Å². The summed E-state index contributed by atoms with van der Waals surface area (Å²) in [6.07, 6.45) is 81.9. The highest BCUT2D eigenvalue weighted by molar-refractivity contribution is 5.71. The third kappa shape index (κ3) is 56.7. The molecule has 0 radical (unpaired) electrons. The average molecular weight is 998 g/mol. The Labute approximate surface area is 443 Å². The SMILES string of the molecule is CCC\C=C/C=C\C=C/C=C\C=C/CCCCCCCC(=O)OC(COC(=O)CCC/C=C\C/C=C\C/C=C\C/C=C\CCCCC)COC(=O)CCCCCCCCC/C=C\CCCCCCCCCC. The summed E-state index contributed by atoms with van der Waals surface area (Å²) >= 11 is 0. The van der Waals surface area contributed by atoms with E-state index in [9.17, 15) is 14.4 Å².